The van der Waals surface area contributed by atoms with E-state index in [0.717, 1.165) is 28.5 Å². The highest BCUT2D eigenvalue weighted by molar-refractivity contribution is 5.94. The van der Waals surface area contributed by atoms with Crippen LogP contribution in [0.15, 0.2) is 79.5 Å². The van der Waals surface area contributed by atoms with Crippen LogP contribution in [-0.4, -0.2) is 51.6 Å². The van der Waals surface area contributed by atoms with Crippen LogP contribution in [0.2, 0.25) is 0 Å². The van der Waals surface area contributed by atoms with Crippen molar-refractivity contribution in [1.82, 2.24) is 19.4 Å². The summed E-state index contributed by atoms with van der Waals surface area (Å²) < 4.78 is 7.87. The molecule has 1 atom stereocenters. The fraction of sp³-hybridized carbons (Fsp3) is 0.269. The number of imidazole rings is 1. The van der Waals surface area contributed by atoms with Gasteiger partial charge < -0.3 is 14.2 Å². The number of benzene rings is 2. The van der Waals surface area contributed by atoms with Gasteiger partial charge in [-0.05, 0) is 35.7 Å². The molecule has 32 heavy (non-hydrogen) atoms. The number of fused-ring (bicyclic) bond motifs is 1. The van der Waals surface area contributed by atoms with Crippen LogP contribution in [0.1, 0.15) is 21.5 Å². The Morgan fingerprint density at radius 3 is 2.91 bits per heavy atom. The number of ether oxygens (including phenoxy) is 1. The lowest BCUT2D eigenvalue weighted by Gasteiger charge is -2.24. The molecule has 0 saturated carbocycles. The molecule has 0 bridgehead atoms. The van der Waals surface area contributed by atoms with Gasteiger partial charge in [-0.15, -0.1) is 0 Å². The molecule has 6 nitrogen and oxygen atoms in total. The minimum atomic E-state index is 0.0593. The van der Waals surface area contributed by atoms with Crippen LogP contribution in [-0.2, 0) is 17.7 Å². The third-order valence-electron chi connectivity index (χ3n) is 5.95. The summed E-state index contributed by atoms with van der Waals surface area (Å²) in [5.74, 6) is 0.284. The number of amides is 1. The molecule has 1 saturated heterocycles. The van der Waals surface area contributed by atoms with Crippen molar-refractivity contribution in [3.8, 4) is 0 Å². The van der Waals surface area contributed by atoms with Crippen molar-refractivity contribution < 1.29 is 9.53 Å². The molecule has 0 N–H and O–H groups in total. The van der Waals surface area contributed by atoms with Gasteiger partial charge in [0.05, 0.1) is 25.1 Å². The van der Waals surface area contributed by atoms with E-state index >= 15 is 0 Å². The van der Waals surface area contributed by atoms with Crippen LogP contribution >= 0.6 is 0 Å². The zero-order valence-corrected chi connectivity index (χ0v) is 17.9. The lowest BCUT2D eigenvalue weighted by Crippen LogP contribution is -2.36. The zero-order chi connectivity index (χ0) is 21.8. The summed E-state index contributed by atoms with van der Waals surface area (Å²) in [7, 11) is 0. The largest absolute Gasteiger partial charge is 0.379 e. The molecule has 0 aliphatic carbocycles. The highest BCUT2D eigenvalue weighted by Gasteiger charge is 2.24. The van der Waals surface area contributed by atoms with Crippen molar-refractivity contribution in [2.75, 3.05) is 26.3 Å². The van der Waals surface area contributed by atoms with Crippen LogP contribution in [0.25, 0.3) is 10.9 Å². The van der Waals surface area contributed by atoms with Gasteiger partial charge in [-0.3, -0.25) is 9.78 Å². The van der Waals surface area contributed by atoms with Crippen molar-refractivity contribution in [2.24, 2.45) is 5.92 Å². The van der Waals surface area contributed by atoms with Crippen molar-refractivity contribution in [3.05, 3.63) is 96.2 Å². The van der Waals surface area contributed by atoms with Gasteiger partial charge in [0.25, 0.3) is 5.91 Å². The van der Waals surface area contributed by atoms with Gasteiger partial charge in [0.15, 0.2) is 0 Å². The lowest BCUT2D eigenvalue weighted by atomic mass is 9.97. The van der Waals surface area contributed by atoms with E-state index < -0.39 is 0 Å². The molecule has 162 valence electrons. The molecule has 5 rings (SSSR count). The quantitative estimate of drug-likeness (QED) is 0.487. The Bertz CT molecular complexity index is 1200. The second-order valence-electron chi connectivity index (χ2n) is 8.32. The fourth-order valence-corrected chi connectivity index (χ4v) is 4.41. The van der Waals surface area contributed by atoms with E-state index in [1.165, 1.54) is 5.56 Å². The molecule has 1 aliphatic rings. The van der Waals surface area contributed by atoms with Gasteiger partial charge >= 0.3 is 0 Å². The zero-order valence-electron chi connectivity index (χ0n) is 17.9. The molecule has 2 aromatic heterocycles. The second-order valence-corrected chi connectivity index (χ2v) is 8.32. The molecule has 1 aliphatic heterocycles. The summed E-state index contributed by atoms with van der Waals surface area (Å²) in [5, 5.41) is 1.14. The van der Waals surface area contributed by atoms with Gasteiger partial charge in [0.2, 0.25) is 0 Å². The standard InChI is InChI=1S/C26H26N4O2/c31-26(24-7-1-4-20(14-24)16-29-11-10-27-19-29)30-12-13-32-18-21(17-30)15-23-6-2-5-22-8-3-9-28-25(22)23/h1-11,14,19,21H,12-13,15-18H2/t21-/m1/s1. The first-order chi connectivity index (χ1) is 15.8. The van der Waals surface area contributed by atoms with Crippen molar-refractivity contribution in [2.45, 2.75) is 13.0 Å². The van der Waals surface area contributed by atoms with E-state index in [4.69, 9.17) is 4.74 Å². The number of rotatable bonds is 5. The van der Waals surface area contributed by atoms with Crippen LogP contribution in [0.3, 0.4) is 0 Å². The molecule has 2 aromatic carbocycles. The molecule has 1 fully saturated rings. The summed E-state index contributed by atoms with van der Waals surface area (Å²) >= 11 is 0. The number of aromatic nitrogens is 3. The number of carbonyl (C=O) groups is 1. The van der Waals surface area contributed by atoms with Gasteiger partial charge in [-0.2, -0.15) is 0 Å². The molecular weight excluding hydrogens is 400 g/mol. The van der Waals surface area contributed by atoms with Gasteiger partial charge in [0, 0.05) is 55.1 Å². The van der Waals surface area contributed by atoms with E-state index in [2.05, 4.69) is 34.2 Å². The average Bonchev–Trinajstić information content (AvgIpc) is 3.22. The smallest absolute Gasteiger partial charge is 0.253 e. The minimum Gasteiger partial charge on any atom is -0.379 e. The maximum absolute atomic E-state index is 13.4. The second kappa shape index (κ2) is 9.32. The Morgan fingerprint density at radius 2 is 2.00 bits per heavy atom. The summed E-state index contributed by atoms with van der Waals surface area (Å²) in [5.41, 5.74) is 4.03. The third kappa shape index (κ3) is 4.55. The number of pyridine rings is 1. The van der Waals surface area contributed by atoms with Gasteiger partial charge in [0.1, 0.15) is 0 Å². The monoisotopic (exact) mass is 426 g/mol. The Kier molecular flexibility index (Phi) is 5.94. The Hall–Kier alpha value is -3.51. The van der Waals surface area contributed by atoms with Crippen molar-refractivity contribution >= 4 is 16.8 Å². The van der Waals surface area contributed by atoms with Crippen LogP contribution in [0.5, 0.6) is 0 Å². The average molecular weight is 427 g/mol. The molecule has 4 aromatic rings. The predicted molar refractivity (Wildman–Crippen MR) is 123 cm³/mol. The first kappa shape index (κ1) is 20.4. The molecule has 3 heterocycles. The highest BCUT2D eigenvalue weighted by atomic mass is 16.5. The maximum atomic E-state index is 13.4. The summed E-state index contributed by atoms with van der Waals surface area (Å²) in [6, 6.07) is 18.2. The number of hydrogen-bond donors (Lipinski definition) is 0. The van der Waals surface area contributed by atoms with Crippen LogP contribution < -0.4 is 0 Å². The minimum absolute atomic E-state index is 0.0593. The van der Waals surface area contributed by atoms with E-state index in [1.807, 2.05) is 52.2 Å². The first-order valence-corrected chi connectivity index (χ1v) is 11.0. The fourth-order valence-electron chi connectivity index (χ4n) is 4.41. The number of para-hydroxylation sites is 1. The lowest BCUT2D eigenvalue weighted by molar-refractivity contribution is 0.0737. The van der Waals surface area contributed by atoms with E-state index in [9.17, 15) is 4.79 Å². The summed E-state index contributed by atoms with van der Waals surface area (Å²) in [6.07, 6.45) is 8.14. The van der Waals surface area contributed by atoms with Crippen LogP contribution in [0.4, 0.5) is 0 Å². The normalized spacial score (nSPS) is 16.8. The molecule has 0 unspecified atom stereocenters. The highest BCUT2D eigenvalue weighted by Crippen LogP contribution is 2.22. The van der Waals surface area contributed by atoms with Crippen molar-refractivity contribution in [1.29, 1.82) is 0 Å². The van der Waals surface area contributed by atoms with E-state index in [-0.39, 0.29) is 11.8 Å². The van der Waals surface area contributed by atoms with E-state index in [0.29, 0.717) is 32.8 Å². The number of carbonyl (C=O) groups excluding carboxylic acids is 1. The van der Waals surface area contributed by atoms with E-state index in [1.54, 1.807) is 12.5 Å². The van der Waals surface area contributed by atoms with Gasteiger partial charge in [-0.25, -0.2) is 4.98 Å². The molecular formula is C26H26N4O2. The molecule has 1 amide bonds. The SMILES string of the molecule is O=C(c1cccc(Cn2ccnc2)c1)N1CCOC[C@H](Cc2cccc3cccnc23)C1. The Labute approximate surface area is 187 Å². The van der Waals surface area contributed by atoms with Crippen molar-refractivity contribution in [3.63, 3.8) is 0 Å². The summed E-state index contributed by atoms with van der Waals surface area (Å²) in [4.78, 5) is 24.0. The number of hydrogen-bond acceptors (Lipinski definition) is 4. The Balaban J connectivity index is 1.32. The maximum Gasteiger partial charge on any atom is 0.253 e. The Morgan fingerprint density at radius 1 is 1.09 bits per heavy atom. The number of nitrogens with zero attached hydrogens (tertiary/aromatic N) is 4. The molecule has 0 spiro atoms. The molecule has 6 heteroatoms. The third-order valence-corrected chi connectivity index (χ3v) is 5.95. The predicted octanol–water partition coefficient (Wildman–Crippen LogP) is 3.81. The van der Waals surface area contributed by atoms with Crippen LogP contribution in [0, 0.1) is 5.92 Å². The van der Waals surface area contributed by atoms with Gasteiger partial charge in [-0.1, -0.05) is 36.4 Å². The molecule has 0 radical (unpaired) electrons. The topological polar surface area (TPSA) is 60.2 Å². The first-order valence-electron chi connectivity index (χ1n) is 11.0. The summed E-state index contributed by atoms with van der Waals surface area (Å²) in [6.45, 7) is 3.18.